The Morgan fingerprint density at radius 2 is 0.867 bits per heavy atom. The summed E-state index contributed by atoms with van der Waals surface area (Å²) in [6.07, 6.45) is 51.7. The van der Waals surface area contributed by atoms with E-state index in [9.17, 15) is 34.5 Å². The van der Waals surface area contributed by atoms with E-state index in [1.165, 1.54) is 109 Å². The molecule has 6 unspecified atom stereocenters. The van der Waals surface area contributed by atoms with Crippen LogP contribution in [0.5, 0.6) is 0 Å². The van der Waals surface area contributed by atoms with E-state index in [2.05, 4.69) is 75.5 Å². The van der Waals surface area contributed by atoms with Gasteiger partial charge in [0.1, 0.15) is 18.8 Å². The third-order valence-electron chi connectivity index (χ3n) is 13.3. The number of hydrogen-bond donors (Lipinski definition) is 3. The second kappa shape index (κ2) is 50.9. The fraction of sp³-hybridized carbons (Fsp3) is 0.746. The summed E-state index contributed by atoms with van der Waals surface area (Å²) in [7, 11) is 0. The minimum absolute atomic E-state index is 0.0618. The van der Waals surface area contributed by atoms with E-state index in [4.69, 9.17) is 23.7 Å². The molecule has 0 radical (unpaired) electrons. The summed E-state index contributed by atoms with van der Waals surface area (Å²) in [5, 5.41) is 31.4. The lowest BCUT2D eigenvalue weighted by atomic mass is 9.98. The number of allylic oxidation sites excluding steroid dienone is 12. The Bertz CT molecular complexity index is 1580. The van der Waals surface area contributed by atoms with Crippen LogP contribution in [0.15, 0.2) is 72.9 Å². The number of hydrogen-bond acceptors (Lipinski definition) is 11. The summed E-state index contributed by atoms with van der Waals surface area (Å²) in [6, 6.07) is 0. The van der Waals surface area contributed by atoms with Crippen molar-refractivity contribution in [2.45, 2.75) is 289 Å². The largest absolute Gasteiger partial charge is 0.479 e. The zero-order chi connectivity index (χ0) is 54.7. The van der Waals surface area contributed by atoms with Crippen molar-refractivity contribution >= 4 is 23.9 Å². The molecule has 6 atom stereocenters. The molecule has 1 saturated heterocycles. The normalized spacial score (nSPS) is 18.7. The first-order chi connectivity index (χ1) is 36.6. The molecule has 0 bridgehead atoms. The number of aliphatic carboxylic acids is 1. The Morgan fingerprint density at radius 1 is 0.453 bits per heavy atom. The quantitative estimate of drug-likeness (QED) is 0.0228. The predicted molar refractivity (Wildman–Crippen MR) is 303 cm³/mol. The number of ether oxygens (including phenoxy) is 5. The van der Waals surface area contributed by atoms with Crippen LogP contribution in [0.2, 0.25) is 0 Å². The predicted octanol–water partition coefficient (Wildman–Crippen LogP) is 15.3. The summed E-state index contributed by atoms with van der Waals surface area (Å²) < 4.78 is 28.3. The number of carbonyl (C=O) groups is 4. The smallest absolute Gasteiger partial charge is 0.335 e. The fourth-order valence-corrected chi connectivity index (χ4v) is 8.71. The minimum atomic E-state index is -1.93. The van der Waals surface area contributed by atoms with Crippen molar-refractivity contribution in [1.29, 1.82) is 0 Å². The molecule has 1 rings (SSSR count). The number of carbonyl (C=O) groups excluding carboxylic acids is 3. The van der Waals surface area contributed by atoms with Crippen LogP contribution in [0, 0.1) is 0 Å². The Kier molecular flexibility index (Phi) is 47.0. The topological polar surface area (TPSA) is 175 Å². The highest BCUT2D eigenvalue weighted by Gasteiger charge is 2.50. The standard InChI is InChI=1S/C63H106O12/c1-4-7-10-13-16-19-22-25-27-28-30-32-34-37-40-43-46-49-55(64)71-52-54(73-56(65)50-47-44-41-38-36-33-29-26-23-20-17-14-11-8-5-2)53-72-63-61(59(68)58(67)60(75-63)62(69)70)74-57(66)51-48-45-42-39-35-31-24-21-18-15-12-9-6-3/h9,12,16,18-19,21,25,27,31,35,42,45,54,58-61,63,67-68H,4-8,10-11,13-15,17,20,22-24,26,28-30,32-34,36-41,43-44,46-53H2,1-3H3,(H,69,70)/b12-9-,19-16-,21-18-,27-25-,35-31-,45-42-. The first kappa shape index (κ1) is 69.2. The van der Waals surface area contributed by atoms with Gasteiger partial charge in [0, 0.05) is 19.3 Å². The van der Waals surface area contributed by atoms with Gasteiger partial charge in [0.15, 0.2) is 24.6 Å². The maximum Gasteiger partial charge on any atom is 0.335 e. The lowest BCUT2D eigenvalue weighted by Crippen LogP contribution is -2.61. The Balaban J connectivity index is 2.72. The van der Waals surface area contributed by atoms with Crippen LogP contribution < -0.4 is 0 Å². The van der Waals surface area contributed by atoms with Crippen LogP contribution in [0.1, 0.15) is 252 Å². The van der Waals surface area contributed by atoms with Crippen LogP contribution in [0.3, 0.4) is 0 Å². The second-order valence-electron chi connectivity index (χ2n) is 20.3. The van der Waals surface area contributed by atoms with E-state index in [0.717, 1.165) is 77.0 Å². The molecule has 0 aromatic carbocycles. The van der Waals surface area contributed by atoms with Crippen molar-refractivity contribution in [1.82, 2.24) is 0 Å². The maximum absolute atomic E-state index is 13.2. The molecule has 1 aliphatic heterocycles. The van der Waals surface area contributed by atoms with Gasteiger partial charge in [-0.15, -0.1) is 0 Å². The Morgan fingerprint density at radius 3 is 1.36 bits per heavy atom. The van der Waals surface area contributed by atoms with Gasteiger partial charge in [-0.1, -0.05) is 229 Å². The van der Waals surface area contributed by atoms with Gasteiger partial charge in [0.05, 0.1) is 6.61 Å². The zero-order valence-electron chi connectivity index (χ0n) is 47.3. The highest BCUT2D eigenvalue weighted by atomic mass is 16.7. The summed E-state index contributed by atoms with van der Waals surface area (Å²) in [5.41, 5.74) is 0. The molecular formula is C63H106O12. The lowest BCUT2D eigenvalue weighted by Gasteiger charge is -2.40. The third-order valence-corrected chi connectivity index (χ3v) is 13.3. The molecule has 12 heteroatoms. The maximum atomic E-state index is 13.2. The van der Waals surface area contributed by atoms with Gasteiger partial charge in [-0.05, 0) is 77.0 Å². The molecule has 75 heavy (non-hydrogen) atoms. The molecule has 0 amide bonds. The number of rotatable bonds is 50. The molecule has 1 heterocycles. The van der Waals surface area contributed by atoms with Crippen LogP contribution in [0.4, 0.5) is 0 Å². The number of carboxylic acids is 1. The Hall–Kier alpha value is -3.84. The van der Waals surface area contributed by atoms with E-state index in [1.807, 2.05) is 18.2 Å². The number of esters is 3. The van der Waals surface area contributed by atoms with Crippen LogP contribution in [-0.2, 0) is 42.9 Å². The summed E-state index contributed by atoms with van der Waals surface area (Å²) in [4.78, 5) is 51.1. The monoisotopic (exact) mass is 1050 g/mol. The number of unbranched alkanes of at least 4 members (excludes halogenated alkanes) is 24. The van der Waals surface area contributed by atoms with Crippen molar-refractivity contribution in [2.75, 3.05) is 13.2 Å². The van der Waals surface area contributed by atoms with Gasteiger partial charge in [-0.25, -0.2) is 4.79 Å². The van der Waals surface area contributed by atoms with Gasteiger partial charge in [-0.2, -0.15) is 0 Å². The molecule has 0 spiro atoms. The van der Waals surface area contributed by atoms with Crippen LogP contribution in [0.25, 0.3) is 0 Å². The average molecular weight is 1060 g/mol. The lowest BCUT2D eigenvalue weighted by molar-refractivity contribution is -0.301. The zero-order valence-corrected chi connectivity index (χ0v) is 47.3. The molecule has 12 nitrogen and oxygen atoms in total. The van der Waals surface area contributed by atoms with E-state index >= 15 is 0 Å². The molecule has 1 aliphatic rings. The average Bonchev–Trinajstić information content (AvgIpc) is 3.39. The number of carboxylic acid groups (broad SMARTS) is 1. The molecule has 0 aromatic rings. The first-order valence-corrected chi connectivity index (χ1v) is 29.9. The Labute approximate surface area is 455 Å². The van der Waals surface area contributed by atoms with E-state index in [1.54, 1.807) is 0 Å². The van der Waals surface area contributed by atoms with Gasteiger partial charge in [0.2, 0.25) is 0 Å². The van der Waals surface area contributed by atoms with Crippen molar-refractivity contribution in [3.8, 4) is 0 Å². The molecule has 1 fully saturated rings. The molecule has 3 N–H and O–H groups in total. The first-order valence-electron chi connectivity index (χ1n) is 29.9. The highest BCUT2D eigenvalue weighted by Crippen LogP contribution is 2.26. The number of aliphatic hydroxyl groups is 2. The molecule has 0 aliphatic carbocycles. The molecule has 0 aromatic heterocycles. The second-order valence-corrected chi connectivity index (χ2v) is 20.3. The van der Waals surface area contributed by atoms with Crippen LogP contribution in [-0.4, -0.2) is 89.2 Å². The SMILES string of the molecule is CC/C=C\C/C=C\C/C=C\C/C=C\CCC(=O)OC1C(OCC(COC(=O)CCCCCCCCC/C=C\C/C=C\CCCCC)OC(=O)CCCCCCCCCCCCCCCCC)OC(C(=O)O)C(O)C1O. The highest BCUT2D eigenvalue weighted by molar-refractivity contribution is 5.74. The van der Waals surface area contributed by atoms with Crippen LogP contribution >= 0.6 is 0 Å². The summed E-state index contributed by atoms with van der Waals surface area (Å²) in [6.45, 7) is 5.82. The van der Waals surface area contributed by atoms with Crippen molar-refractivity contribution < 1.29 is 58.2 Å². The van der Waals surface area contributed by atoms with E-state index in [-0.39, 0.29) is 25.9 Å². The molecule has 430 valence electrons. The minimum Gasteiger partial charge on any atom is -0.479 e. The van der Waals surface area contributed by atoms with E-state index in [0.29, 0.717) is 25.7 Å². The summed E-state index contributed by atoms with van der Waals surface area (Å²) >= 11 is 0. The molecule has 0 saturated carbocycles. The van der Waals surface area contributed by atoms with Crippen molar-refractivity contribution in [3.63, 3.8) is 0 Å². The third kappa shape index (κ3) is 41.0. The molecular weight excluding hydrogens is 949 g/mol. The van der Waals surface area contributed by atoms with Gasteiger partial charge in [-0.3, -0.25) is 14.4 Å². The van der Waals surface area contributed by atoms with Gasteiger partial charge in [0.25, 0.3) is 0 Å². The fourth-order valence-electron chi connectivity index (χ4n) is 8.71. The van der Waals surface area contributed by atoms with Crippen molar-refractivity contribution in [3.05, 3.63) is 72.9 Å². The number of aliphatic hydroxyl groups excluding tert-OH is 2. The van der Waals surface area contributed by atoms with Crippen molar-refractivity contribution in [2.24, 2.45) is 0 Å². The van der Waals surface area contributed by atoms with Gasteiger partial charge < -0.3 is 39.0 Å². The van der Waals surface area contributed by atoms with E-state index < -0.39 is 67.3 Å². The summed E-state index contributed by atoms with van der Waals surface area (Å²) in [5.74, 6) is -3.23. The van der Waals surface area contributed by atoms with Gasteiger partial charge >= 0.3 is 23.9 Å².